The van der Waals surface area contributed by atoms with Gasteiger partial charge in [-0.2, -0.15) is 5.26 Å². The lowest BCUT2D eigenvalue weighted by Gasteiger charge is -2.47. The number of nitrogens with zero attached hydrogens (tertiary/aromatic N) is 1. The first kappa shape index (κ1) is 12.9. The highest BCUT2D eigenvalue weighted by Crippen LogP contribution is 2.54. The predicted molar refractivity (Wildman–Crippen MR) is 65.3 cm³/mol. The average Bonchev–Trinajstić information content (AvgIpc) is 2.73. The van der Waals surface area contributed by atoms with Crippen molar-refractivity contribution in [3.63, 3.8) is 0 Å². The minimum atomic E-state index is -0.931. The van der Waals surface area contributed by atoms with Crippen LogP contribution in [0.15, 0.2) is 0 Å². The summed E-state index contributed by atoms with van der Waals surface area (Å²) in [6, 6.07) is 2.45. The first-order chi connectivity index (χ1) is 8.08. The fraction of sp³-hybridized carbons (Fsp3) is 0.929. The minimum Gasteiger partial charge on any atom is -0.386 e. The van der Waals surface area contributed by atoms with Gasteiger partial charge in [-0.25, -0.2) is 0 Å². The molecule has 0 spiro atoms. The lowest BCUT2D eigenvalue weighted by molar-refractivity contribution is -0.170. The number of hydrogen-bond acceptors (Lipinski definition) is 3. The molecule has 1 N–H and O–H groups in total. The summed E-state index contributed by atoms with van der Waals surface area (Å²) in [4.78, 5) is 0. The molecule has 2 fully saturated rings. The normalized spacial score (nSPS) is 46.7. The molecule has 0 aromatic heterocycles. The van der Waals surface area contributed by atoms with E-state index in [1.165, 1.54) is 0 Å². The second kappa shape index (κ2) is 4.59. The zero-order valence-corrected chi connectivity index (χ0v) is 10.9. The summed E-state index contributed by atoms with van der Waals surface area (Å²) in [6.07, 6.45) is 6.22. The zero-order valence-electron chi connectivity index (χ0n) is 10.9. The summed E-state index contributed by atoms with van der Waals surface area (Å²) in [5.74, 6) is 0.540. The number of hydrogen-bond donors (Lipinski definition) is 1. The fourth-order valence-corrected chi connectivity index (χ4v) is 3.87. The van der Waals surface area contributed by atoms with Gasteiger partial charge in [0.15, 0.2) is 0 Å². The summed E-state index contributed by atoms with van der Waals surface area (Å²) >= 11 is 0. The van der Waals surface area contributed by atoms with Gasteiger partial charge in [-0.15, -0.1) is 0 Å². The van der Waals surface area contributed by atoms with Crippen molar-refractivity contribution in [1.82, 2.24) is 0 Å². The number of rotatable bonds is 2. The molecule has 0 aliphatic heterocycles. The summed E-state index contributed by atoms with van der Waals surface area (Å²) < 4.78 is 5.48. The summed E-state index contributed by atoms with van der Waals surface area (Å²) in [6.45, 7) is 2.17. The number of methoxy groups -OCH3 is 1. The highest BCUT2D eigenvalue weighted by molar-refractivity contribution is 5.17. The summed E-state index contributed by atoms with van der Waals surface area (Å²) in [5, 5.41) is 20.7. The molecule has 4 atom stereocenters. The van der Waals surface area contributed by atoms with Gasteiger partial charge in [0.1, 0.15) is 5.60 Å². The quantitative estimate of drug-likeness (QED) is 0.803. The Morgan fingerprint density at radius 2 is 2.06 bits per heavy atom. The van der Waals surface area contributed by atoms with Crippen LogP contribution in [0, 0.1) is 22.7 Å². The molecule has 0 amide bonds. The Morgan fingerprint density at radius 3 is 2.59 bits per heavy atom. The van der Waals surface area contributed by atoms with E-state index < -0.39 is 11.0 Å². The molecule has 0 aromatic carbocycles. The molecule has 2 aliphatic carbocycles. The summed E-state index contributed by atoms with van der Waals surface area (Å²) in [5.41, 5.74) is -1.51. The van der Waals surface area contributed by atoms with Gasteiger partial charge < -0.3 is 9.84 Å². The maximum atomic E-state index is 11.1. The van der Waals surface area contributed by atoms with Gasteiger partial charge in [-0.3, -0.25) is 0 Å². The molecular formula is C14H23NO2. The Hall–Kier alpha value is -0.590. The molecule has 3 heteroatoms. The van der Waals surface area contributed by atoms with Gasteiger partial charge in [0.2, 0.25) is 0 Å². The highest BCUT2D eigenvalue weighted by Gasteiger charge is 2.58. The van der Waals surface area contributed by atoms with Crippen LogP contribution < -0.4 is 0 Å². The van der Waals surface area contributed by atoms with Crippen LogP contribution in [-0.2, 0) is 4.74 Å². The van der Waals surface area contributed by atoms with Crippen molar-refractivity contribution in [2.75, 3.05) is 7.11 Å². The van der Waals surface area contributed by atoms with Crippen LogP contribution in [0.4, 0.5) is 0 Å². The molecule has 96 valence electrons. The van der Waals surface area contributed by atoms with Crippen molar-refractivity contribution in [2.24, 2.45) is 11.3 Å². The molecular weight excluding hydrogens is 214 g/mol. The van der Waals surface area contributed by atoms with Crippen molar-refractivity contribution in [1.29, 1.82) is 5.26 Å². The number of nitriles is 1. The van der Waals surface area contributed by atoms with Crippen LogP contribution in [0.3, 0.4) is 0 Å². The van der Waals surface area contributed by atoms with Crippen LogP contribution in [0.1, 0.15) is 51.9 Å². The standard InChI is InChI=1S/C14H23NO2/c1-11-6-8-13(9-11,10-15)14(16)7-4-3-5-12(14)17-2/h11-12,16H,3-9H2,1-2H3. The van der Waals surface area contributed by atoms with Crippen molar-refractivity contribution >= 4 is 0 Å². The molecule has 2 saturated carbocycles. The van der Waals surface area contributed by atoms with E-state index in [0.29, 0.717) is 12.3 Å². The van der Waals surface area contributed by atoms with E-state index in [2.05, 4.69) is 13.0 Å². The van der Waals surface area contributed by atoms with Gasteiger partial charge in [0.25, 0.3) is 0 Å². The largest absolute Gasteiger partial charge is 0.386 e. The molecule has 0 saturated heterocycles. The lowest BCUT2D eigenvalue weighted by Crippen LogP contribution is -2.57. The Kier molecular flexibility index (Phi) is 3.47. The lowest BCUT2D eigenvalue weighted by atomic mass is 9.63. The van der Waals surface area contributed by atoms with Crippen molar-refractivity contribution in [3.05, 3.63) is 0 Å². The molecule has 0 bridgehead atoms. The monoisotopic (exact) mass is 237 g/mol. The maximum absolute atomic E-state index is 11.1. The topological polar surface area (TPSA) is 53.2 Å². The fourth-order valence-electron chi connectivity index (χ4n) is 3.87. The van der Waals surface area contributed by atoms with Gasteiger partial charge in [-0.1, -0.05) is 19.8 Å². The number of aliphatic hydroxyl groups is 1. The van der Waals surface area contributed by atoms with Gasteiger partial charge in [0, 0.05) is 7.11 Å². The van der Waals surface area contributed by atoms with Crippen molar-refractivity contribution in [2.45, 2.75) is 63.6 Å². The number of ether oxygens (including phenoxy) is 1. The average molecular weight is 237 g/mol. The molecule has 0 aromatic rings. The maximum Gasteiger partial charge on any atom is 0.109 e. The summed E-state index contributed by atoms with van der Waals surface area (Å²) in [7, 11) is 1.66. The third-order valence-corrected chi connectivity index (χ3v) is 4.89. The second-order valence-electron chi connectivity index (χ2n) is 5.94. The van der Waals surface area contributed by atoms with E-state index in [1.807, 2.05) is 0 Å². The van der Waals surface area contributed by atoms with E-state index in [1.54, 1.807) is 7.11 Å². The van der Waals surface area contributed by atoms with Crippen LogP contribution >= 0.6 is 0 Å². The van der Waals surface area contributed by atoms with E-state index in [9.17, 15) is 10.4 Å². The van der Waals surface area contributed by atoms with E-state index in [0.717, 1.165) is 38.5 Å². The van der Waals surface area contributed by atoms with Gasteiger partial charge in [0.05, 0.1) is 17.6 Å². The molecule has 2 rings (SSSR count). The van der Waals surface area contributed by atoms with Crippen molar-refractivity contribution < 1.29 is 9.84 Å². The molecule has 2 aliphatic rings. The van der Waals surface area contributed by atoms with Crippen molar-refractivity contribution in [3.8, 4) is 6.07 Å². The Bertz CT molecular complexity index is 325. The van der Waals surface area contributed by atoms with E-state index in [4.69, 9.17) is 4.74 Å². The Labute approximate surface area is 104 Å². The third-order valence-electron chi connectivity index (χ3n) is 4.89. The van der Waals surface area contributed by atoms with Crippen LogP contribution in [0.2, 0.25) is 0 Å². The molecule has 0 heterocycles. The van der Waals surface area contributed by atoms with Gasteiger partial charge >= 0.3 is 0 Å². The van der Waals surface area contributed by atoms with E-state index in [-0.39, 0.29) is 6.10 Å². The molecule has 17 heavy (non-hydrogen) atoms. The van der Waals surface area contributed by atoms with E-state index >= 15 is 0 Å². The first-order valence-electron chi connectivity index (χ1n) is 6.74. The first-order valence-corrected chi connectivity index (χ1v) is 6.74. The highest BCUT2D eigenvalue weighted by atomic mass is 16.5. The smallest absolute Gasteiger partial charge is 0.109 e. The molecule has 4 unspecified atom stereocenters. The SMILES string of the molecule is COC1CCCCC1(O)C1(C#N)CCC(C)C1. The predicted octanol–water partition coefficient (Wildman–Crippen LogP) is 2.64. The molecule has 0 radical (unpaired) electrons. The Balaban J connectivity index is 2.31. The molecule has 3 nitrogen and oxygen atoms in total. The minimum absolute atomic E-state index is 0.166. The third kappa shape index (κ3) is 1.88. The van der Waals surface area contributed by atoms with Crippen LogP contribution in [0.5, 0.6) is 0 Å². The van der Waals surface area contributed by atoms with Crippen LogP contribution in [0.25, 0.3) is 0 Å². The van der Waals surface area contributed by atoms with Crippen LogP contribution in [-0.4, -0.2) is 23.9 Å². The van der Waals surface area contributed by atoms with Gasteiger partial charge in [-0.05, 0) is 38.0 Å². The zero-order chi connectivity index (χ0) is 12.5. The Morgan fingerprint density at radius 1 is 1.29 bits per heavy atom. The second-order valence-corrected chi connectivity index (χ2v) is 5.94.